The highest BCUT2D eigenvalue weighted by Gasteiger charge is 2.17. The average Bonchev–Trinajstić information content (AvgIpc) is 2.40. The van der Waals surface area contributed by atoms with Crippen LogP contribution >= 0.6 is 0 Å². The number of aliphatic hydroxyl groups excluding tert-OH is 1. The van der Waals surface area contributed by atoms with E-state index < -0.39 is 0 Å². The molecule has 1 fully saturated rings. The Morgan fingerprint density at radius 2 is 2.20 bits per heavy atom. The maximum atomic E-state index is 8.60. The van der Waals surface area contributed by atoms with Gasteiger partial charge in [-0.1, -0.05) is 13.8 Å². The number of nitrogens with zero attached hydrogens (tertiary/aromatic N) is 1. The second-order valence-electron chi connectivity index (χ2n) is 2.33. The topological polar surface area (TPSA) is 49.5 Å². The third-order valence-corrected chi connectivity index (χ3v) is 1.58. The molecule has 3 nitrogen and oxygen atoms in total. The van der Waals surface area contributed by atoms with Crippen LogP contribution < -0.4 is 5.84 Å². The Morgan fingerprint density at radius 3 is 2.40 bits per heavy atom. The van der Waals surface area contributed by atoms with Crippen LogP contribution in [0.2, 0.25) is 0 Å². The van der Waals surface area contributed by atoms with E-state index in [1.807, 2.05) is 13.8 Å². The molecule has 0 bridgehead atoms. The molecule has 0 aliphatic carbocycles. The van der Waals surface area contributed by atoms with Crippen molar-refractivity contribution >= 4 is 0 Å². The summed E-state index contributed by atoms with van der Waals surface area (Å²) < 4.78 is 0. The Labute approximate surface area is 62.8 Å². The quantitative estimate of drug-likeness (QED) is 0.520. The Morgan fingerprint density at radius 1 is 1.60 bits per heavy atom. The lowest BCUT2D eigenvalue weighted by Crippen LogP contribution is -2.28. The van der Waals surface area contributed by atoms with Gasteiger partial charge >= 0.3 is 0 Å². The van der Waals surface area contributed by atoms with Crippen molar-refractivity contribution in [2.24, 2.45) is 11.8 Å². The zero-order chi connectivity index (χ0) is 7.98. The summed E-state index contributed by atoms with van der Waals surface area (Å²) in [4.78, 5) is 0. The van der Waals surface area contributed by atoms with Crippen molar-refractivity contribution in [3.8, 4) is 0 Å². The second kappa shape index (κ2) is 5.65. The number of hydrogen-bond donors (Lipinski definition) is 2. The molecule has 0 radical (unpaired) electrons. The lowest BCUT2D eigenvalue weighted by molar-refractivity contribution is 0.223. The van der Waals surface area contributed by atoms with Crippen molar-refractivity contribution in [2.75, 3.05) is 19.7 Å². The summed E-state index contributed by atoms with van der Waals surface area (Å²) in [7, 11) is 0. The maximum Gasteiger partial charge on any atom is 0.0472 e. The number of rotatable bonds is 1. The van der Waals surface area contributed by atoms with Crippen LogP contribution in [0.25, 0.3) is 0 Å². The molecule has 3 heteroatoms. The standard InChI is InChI=1S/C5H12N2O.C2H6/c6-7-2-1-5(3-7)4-8;1-2/h5,8H,1-4,6H2;1-2H3. The Kier molecular flexibility index (Phi) is 5.58. The van der Waals surface area contributed by atoms with Crippen LogP contribution in [0.3, 0.4) is 0 Å². The van der Waals surface area contributed by atoms with Gasteiger partial charge in [0.05, 0.1) is 0 Å². The summed E-state index contributed by atoms with van der Waals surface area (Å²) in [5.74, 6) is 5.85. The largest absolute Gasteiger partial charge is 0.396 e. The van der Waals surface area contributed by atoms with E-state index in [-0.39, 0.29) is 6.61 Å². The molecule has 1 atom stereocenters. The van der Waals surface area contributed by atoms with Crippen molar-refractivity contribution in [1.29, 1.82) is 0 Å². The van der Waals surface area contributed by atoms with Gasteiger partial charge < -0.3 is 5.11 Å². The molecule has 3 N–H and O–H groups in total. The Balaban J connectivity index is 0.000000371. The molecule has 1 aliphatic rings. The minimum absolute atomic E-state index is 0.285. The molecule has 62 valence electrons. The Bertz CT molecular complexity index is 78.0. The lowest BCUT2D eigenvalue weighted by Gasteiger charge is -2.05. The van der Waals surface area contributed by atoms with Gasteiger partial charge in [0, 0.05) is 19.7 Å². The molecule has 0 aromatic carbocycles. The summed E-state index contributed by atoms with van der Waals surface area (Å²) in [6.07, 6.45) is 1.05. The van der Waals surface area contributed by atoms with Crippen LogP contribution in [-0.4, -0.2) is 29.8 Å². The molecular weight excluding hydrogens is 128 g/mol. The van der Waals surface area contributed by atoms with Gasteiger partial charge in [0.15, 0.2) is 0 Å². The first-order valence-electron chi connectivity index (χ1n) is 3.93. The first-order valence-corrected chi connectivity index (χ1v) is 3.93. The van der Waals surface area contributed by atoms with Crippen molar-refractivity contribution < 1.29 is 5.11 Å². The number of nitrogens with two attached hydrogens (primary N) is 1. The van der Waals surface area contributed by atoms with Gasteiger partial charge in [0.25, 0.3) is 0 Å². The average molecular weight is 146 g/mol. The van der Waals surface area contributed by atoms with Crippen LogP contribution in [0.4, 0.5) is 0 Å². The zero-order valence-electron chi connectivity index (χ0n) is 6.88. The molecule has 0 spiro atoms. The number of aliphatic hydroxyl groups is 1. The maximum absolute atomic E-state index is 8.60. The highest BCUT2D eigenvalue weighted by Crippen LogP contribution is 2.10. The first kappa shape index (κ1) is 9.88. The van der Waals surface area contributed by atoms with E-state index in [1.54, 1.807) is 5.01 Å². The first-order chi connectivity index (χ1) is 4.83. The van der Waals surface area contributed by atoms with Crippen molar-refractivity contribution in [3.63, 3.8) is 0 Å². The summed E-state index contributed by atoms with van der Waals surface area (Å²) in [5.41, 5.74) is 0. The summed E-state index contributed by atoms with van der Waals surface area (Å²) in [6, 6.07) is 0. The molecular formula is C7H18N2O. The molecule has 1 saturated heterocycles. The van der Waals surface area contributed by atoms with Gasteiger partial charge in [0.2, 0.25) is 0 Å². The Hall–Kier alpha value is -0.120. The fraction of sp³-hybridized carbons (Fsp3) is 1.00. The molecule has 1 heterocycles. The SMILES string of the molecule is CC.NN1CCC(CO)C1. The fourth-order valence-corrected chi connectivity index (χ4v) is 1.01. The zero-order valence-corrected chi connectivity index (χ0v) is 6.88. The highest BCUT2D eigenvalue weighted by molar-refractivity contribution is 4.69. The minimum atomic E-state index is 0.285. The molecule has 0 saturated carbocycles. The van der Waals surface area contributed by atoms with Crippen molar-refractivity contribution in [1.82, 2.24) is 5.01 Å². The van der Waals surface area contributed by atoms with Crippen LogP contribution in [0.1, 0.15) is 20.3 Å². The summed E-state index contributed by atoms with van der Waals surface area (Å²) >= 11 is 0. The predicted octanol–water partition coefficient (Wildman–Crippen LogP) is 0.201. The van der Waals surface area contributed by atoms with Crippen LogP contribution in [0.15, 0.2) is 0 Å². The normalized spacial score (nSPS) is 25.8. The summed E-state index contributed by atoms with van der Waals surface area (Å²) in [5, 5.41) is 10.4. The van der Waals surface area contributed by atoms with Gasteiger partial charge in [-0.05, 0) is 12.3 Å². The summed E-state index contributed by atoms with van der Waals surface area (Å²) in [6.45, 7) is 6.08. The van der Waals surface area contributed by atoms with E-state index in [0.29, 0.717) is 5.92 Å². The van der Waals surface area contributed by atoms with Crippen LogP contribution in [0, 0.1) is 5.92 Å². The van der Waals surface area contributed by atoms with Gasteiger partial charge in [-0.15, -0.1) is 0 Å². The van der Waals surface area contributed by atoms with Crippen molar-refractivity contribution in [3.05, 3.63) is 0 Å². The van der Waals surface area contributed by atoms with E-state index in [1.165, 1.54) is 0 Å². The van der Waals surface area contributed by atoms with Gasteiger partial charge in [0.1, 0.15) is 0 Å². The van der Waals surface area contributed by atoms with Crippen LogP contribution in [-0.2, 0) is 0 Å². The second-order valence-corrected chi connectivity index (χ2v) is 2.33. The monoisotopic (exact) mass is 146 g/mol. The molecule has 1 unspecified atom stereocenters. The molecule has 0 aromatic rings. The van der Waals surface area contributed by atoms with Gasteiger partial charge in [-0.25, -0.2) is 5.01 Å². The smallest absolute Gasteiger partial charge is 0.0472 e. The number of hydrazine groups is 1. The van der Waals surface area contributed by atoms with Gasteiger partial charge in [-0.3, -0.25) is 5.84 Å². The van der Waals surface area contributed by atoms with E-state index in [0.717, 1.165) is 19.5 Å². The highest BCUT2D eigenvalue weighted by atomic mass is 16.3. The van der Waals surface area contributed by atoms with E-state index in [2.05, 4.69) is 0 Å². The molecule has 10 heavy (non-hydrogen) atoms. The van der Waals surface area contributed by atoms with Crippen molar-refractivity contribution in [2.45, 2.75) is 20.3 Å². The molecule has 0 aromatic heterocycles. The fourth-order valence-electron chi connectivity index (χ4n) is 1.01. The third-order valence-electron chi connectivity index (χ3n) is 1.58. The molecule has 1 rings (SSSR count). The van der Waals surface area contributed by atoms with E-state index >= 15 is 0 Å². The third kappa shape index (κ3) is 3.15. The molecule has 1 aliphatic heterocycles. The van der Waals surface area contributed by atoms with Crippen LogP contribution in [0.5, 0.6) is 0 Å². The van der Waals surface area contributed by atoms with E-state index in [9.17, 15) is 0 Å². The number of hydrogen-bond acceptors (Lipinski definition) is 3. The molecule has 0 amide bonds. The van der Waals surface area contributed by atoms with Gasteiger partial charge in [-0.2, -0.15) is 0 Å². The predicted molar refractivity (Wildman–Crippen MR) is 42.3 cm³/mol. The lowest BCUT2D eigenvalue weighted by atomic mass is 10.1. The van der Waals surface area contributed by atoms with E-state index in [4.69, 9.17) is 10.9 Å². The minimum Gasteiger partial charge on any atom is -0.396 e.